The summed E-state index contributed by atoms with van der Waals surface area (Å²) in [4.78, 5) is 12.4. The maximum Gasteiger partial charge on any atom is 0.287 e. The molecule has 2 aromatic carbocycles. The van der Waals surface area contributed by atoms with Crippen molar-refractivity contribution >= 4 is 26.9 Å². The molecule has 3 aromatic rings. The summed E-state index contributed by atoms with van der Waals surface area (Å²) >= 11 is 0. The number of fused-ring (bicyclic) bond motifs is 1. The Balaban J connectivity index is 1.58. The van der Waals surface area contributed by atoms with Gasteiger partial charge < -0.3 is 9.73 Å². The van der Waals surface area contributed by atoms with E-state index in [1.807, 2.05) is 0 Å². The van der Waals surface area contributed by atoms with Crippen molar-refractivity contribution in [2.24, 2.45) is 0 Å². The van der Waals surface area contributed by atoms with Gasteiger partial charge in [-0.2, -0.15) is 0 Å². The summed E-state index contributed by atoms with van der Waals surface area (Å²) in [6.45, 7) is 1.77. The summed E-state index contributed by atoms with van der Waals surface area (Å²) in [5.41, 5.74) is 1.70. The highest BCUT2D eigenvalue weighted by molar-refractivity contribution is 7.89. The number of sulfonamides is 1. The van der Waals surface area contributed by atoms with Crippen LogP contribution in [0.5, 0.6) is 0 Å². The first-order chi connectivity index (χ1) is 13.3. The number of carbonyl (C=O) groups excluding carboxylic acids is 1. The van der Waals surface area contributed by atoms with Crippen molar-refractivity contribution in [3.05, 3.63) is 65.2 Å². The highest BCUT2D eigenvalue weighted by Crippen LogP contribution is 2.29. The normalized spacial score (nSPS) is 14.4. The number of halogens is 1. The van der Waals surface area contributed by atoms with Gasteiger partial charge in [0.2, 0.25) is 10.0 Å². The maximum absolute atomic E-state index is 13.0. The van der Waals surface area contributed by atoms with Gasteiger partial charge in [-0.05, 0) is 55.7 Å². The predicted octanol–water partition coefficient (Wildman–Crippen LogP) is 3.25. The molecule has 1 aliphatic carbocycles. The predicted molar refractivity (Wildman–Crippen MR) is 102 cm³/mol. The summed E-state index contributed by atoms with van der Waals surface area (Å²) in [5.74, 6) is -0.459. The third-order valence-corrected chi connectivity index (χ3v) is 6.12. The van der Waals surface area contributed by atoms with Gasteiger partial charge in [0, 0.05) is 23.5 Å². The zero-order valence-electron chi connectivity index (χ0n) is 15.2. The number of benzene rings is 2. The van der Waals surface area contributed by atoms with E-state index in [9.17, 15) is 17.6 Å². The van der Waals surface area contributed by atoms with Gasteiger partial charge in [-0.15, -0.1) is 0 Å². The van der Waals surface area contributed by atoms with Gasteiger partial charge in [0.25, 0.3) is 5.91 Å². The highest BCUT2D eigenvalue weighted by Gasteiger charge is 2.27. The number of hydrogen-bond acceptors (Lipinski definition) is 4. The molecule has 4 rings (SSSR count). The Kier molecular flexibility index (Phi) is 4.68. The fourth-order valence-corrected chi connectivity index (χ4v) is 3.97. The monoisotopic (exact) mass is 402 g/mol. The lowest BCUT2D eigenvalue weighted by Crippen LogP contribution is -2.25. The topological polar surface area (TPSA) is 88.4 Å². The second kappa shape index (κ2) is 7.03. The Morgan fingerprint density at radius 3 is 2.57 bits per heavy atom. The molecule has 1 amide bonds. The molecular formula is C20H19FN2O4S. The van der Waals surface area contributed by atoms with Crippen LogP contribution >= 0.6 is 0 Å². The first kappa shape index (κ1) is 18.6. The van der Waals surface area contributed by atoms with E-state index in [-0.39, 0.29) is 35.0 Å². The van der Waals surface area contributed by atoms with E-state index in [0.29, 0.717) is 22.1 Å². The summed E-state index contributed by atoms with van der Waals surface area (Å²) in [6, 6.07) is 10.3. The zero-order valence-corrected chi connectivity index (χ0v) is 16.0. The Morgan fingerprint density at radius 1 is 1.18 bits per heavy atom. The SMILES string of the molecule is Cc1c(C(=O)NC2CC2)oc2ccc(S(=O)(=O)NCc3ccc(F)cc3)cc12. The molecule has 2 N–H and O–H groups in total. The van der Waals surface area contributed by atoms with Crippen molar-refractivity contribution in [3.63, 3.8) is 0 Å². The van der Waals surface area contributed by atoms with Crippen LogP contribution in [0.15, 0.2) is 51.8 Å². The van der Waals surface area contributed by atoms with Crippen molar-refractivity contribution in [1.29, 1.82) is 0 Å². The molecule has 0 unspecified atom stereocenters. The van der Waals surface area contributed by atoms with Gasteiger partial charge in [-0.1, -0.05) is 12.1 Å². The van der Waals surface area contributed by atoms with E-state index in [1.165, 1.54) is 36.4 Å². The standard InChI is InChI=1S/C20H19FN2O4S/c1-12-17-10-16(28(25,26)22-11-13-2-4-14(21)5-3-13)8-9-18(17)27-19(12)20(24)23-15-6-7-15/h2-5,8-10,15,22H,6-7,11H2,1H3,(H,23,24). The summed E-state index contributed by atoms with van der Waals surface area (Å²) in [6.07, 6.45) is 1.93. The largest absolute Gasteiger partial charge is 0.451 e. The van der Waals surface area contributed by atoms with E-state index in [1.54, 1.807) is 13.0 Å². The van der Waals surface area contributed by atoms with Gasteiger partial charge >= 0.3 is 0 Å². The average Bonchev–Trinajstić information content (AvgIpc) is 3.42. The number of carbonyl (C=O) groups is 1. The molecule has 0 spiro atoms. The second-order valence-electron chi connectivity index (χ2n) is 6.91. The number of hydrogen-bond donors (Lipinski definition) is 2. The molecule has 6 nitrogen and oxygen atoms in total. The molecule has 1 aliphatic rings. The van der Waals surface area contributed by atoms with Crippen LogP contribution in [0.3, 0.4) is 0 Å². The van der Waals surface area contributed by atoms with Crippen LogP contribution in [0.25, 0.3) is 11.0 Å². The molecule has 8 heteroatoms. The van der Waals surface area contributed by atoms with E-state index in [2.05, 4.69) is 10.0 Å². The lowest BCUT2D eigenvalue weighted by Gasteiger charge is -2.07. The van der Waals surface area contributed by atoms with Gasteiger partial charge in [0.1, 0.15) is 11.4 Å². The summed E-state index contributed by atoms with van der Waals surface area (Å²) in [5, 5.41) is 3.44. The third-order valence-electron chi connectivity index (χ3n) is 4.72. The third kappa shape index (κ3) is 3.79. The van der Waals surface area contributed by atoms with Crippen LogP contribution in [0.2, 0.25) is 0 Å². The molecule has 0 saturated heterocycles. The number of aryl methyl sites for hydroxylation is 1. The number of rotatable bonds is 6. The highest BCUT2D eigenvalue weighted by atomic mass is 32.2. The maximum atomic E-state index is 13.0. The summed E-state index contributed by atoms with van der Waals surface area (Å²) < 4.78 is 46.4. The van der Waals surface area contributed by atoms with E-state index >= 15 is 0 Å². The van der Waals surface area contributed by atoms with Gasteiger partial charge in [-0.3, -0.25) is 4.79 Å². The van der Waals surface area contributed by atoms with Crippen LogP contribution in [-0.2, 0) is 16.6 Å². The lowest BCUT2D eigenvalue weighted by atomic mass is 10.1. The molecule has 1 aromatic heterocycles. The van der Waals surface area contributed by atoms with Crippen molar-refractivity contribution < 1.29 is 22.0 Å². The smallest absolute Gasteiger partial charge is 0.287 e. The Labute approximate surface area is 161 Å². The fraction of sp³-hybridized carbons (Fsp3) is 0.250. The van der Waals surface area contributed by atoms with E-state index in [0.717, 1.165) is 12.8 Å². The van der Waals surface area contributed by atoms with Gasteiger partial charge in [0.05, 0.1) is 4.90 Å². The first-order valence-corrected chi connectivity index (χ1v) is 10.4. The van der Waals surface area contributed by atoms with Crippen molar-refractivity contribution in [3.8, 4) is 0 Å². The molecule has 1 saturated carbocycles. The molecule has 0 bridgehead atoms. The molecule has 146 valence electrons. The molecule has 28 heavy (non-hydrogen) atoms. The molecular weight excluding hydrogens is 383 g/mol. The van der Waals surface area contributed by atoms with Crippen LogP contribution in [0.1, 0.15) is 34.5 Å². The number of furan rings is 1. The van der Waals surface area contributed by atoms with E-state index in [4.69, 9.17) is 4.42 Å². The summed E-state index contributed by atoms with van der Waals surface area (Å²) in [7, 11) is -3.78. The minimum Gasteiger partial charge on any atom is -0.451 e. The average molecular weight is 402 g/mol. The van der Waals surface area contributed by atoms with Crippen LogP contribution in [-0.4, -0.2) is 20.4 Å². The van der Waals surface area contributed by atoms with E-state index < -0.39 is 10.0 Å². The molecule has 1 fully saturated rings. The quantitative estimate of drug-likeness (QED) is 0.662. The first-order valence-electron chi connectivity index (χ1n) is 8.91. The molecule has 0 radical (unpaired) electrons. The van der Waals surface area contributed by atoms with Crippen LogP contribution in [0, 0.1) is 12.7 Å². The Hall–Kier alpha value is -2.71. The molecule has 0 atom stereocenters. The van der Waals surface area contributed by atoms with Crippen LogP contribution < -0.4 is 10.0 Å². The lowest BCUT2D eigenvalue weighted by molar-refractivity contribution is 0.0924. The minimum absolute atomic E-state index is 0.0417. The molecule has 1 heterocycles. The molecule has 0 aliphatic heterocycles. The Bertz CT molecular complexity index is 1150. The van der Waals surface area contributed by atoms with Crippen molar-refractivity contribution in [2.75, 3.05) is 0 Å². The van der Waals surface area contributed by atoms with Crippen molar-refractivity contribution in [1.82, 2.24) is 10.0 Å². The van der Waals surface area contributed by atoms with Gasteiger partial charge in [0.15, 0.2) is 5.76 Å². The zero-order chi connectivity index (χ0) is 19.9. The fourth-order valence-electron chi connectivity index (χ4n) is 2.93. The van der Waals surface area contributed by atoms with Crippen LogP contribution in [0.4, 0.5) is 4.39 Å². The van der Waals surface area contributed by atoms with Gasteiger partial charge in [-0.25, -0.2) is 17.5 Å². The van der Waals surface area contributed by atoms with Crippen molar-refractivity contribution in [2.45, 2.75) is 37.2 Å². The minimum atomic E-state index is -3.78. The number of nitrogens with one attached hydrogen (secondary N) is 2. The Morgan fingerprint density at radius 2 is 1.89 bits per heavy atom. The number of amides is 1. The second-order valence-corrected chi connectivity index (χ2v) is 8.68.